The Kier molecular flexibility index (Phi) is 13.0. The lowest BCUT2D eigenvalue weighted by molar-refractivity contribution is -0.903. The predicted molar refractivity (Wildman–Crippen MR) is 142 cm³/mol. The van der Waals surface area contributed by atoms with Crippen molar-refractivity contribution in [2.75, 3.05) is 61.1 Å². The van der Waals surface area contributed by atoms with Gasteiger partial charge in [0.15, 0.2) is 0 Å². The van der Waals surface area contributed by atoms with E-state index < -0.39 is 9.84 Å². The van der Waals surface area contributed by atoms with Crippen LogP contribution in [0.15, 0.2) is 40.1 Å². The van der Waals surface area contributed by atoms with Crippen LogP contribution >= 0.6 is 0 Å². The fourth-order valence-electron chi connectivity index (χ4n) is 4.94. The van der Waals surface area contributed by atoms with E-state index in [1.165, 1.54) is 0 Å². The van der Waals surface area contributed by atoms with Gasteiger partial charge in [0.1, 0.15) is 31.9 Å². The summed E-state index contributed by atoms with van der Waals surface area (Å²) in [6, 6.07) is 9.45. The van der Waals surface area contributed by atoms with Gasteiger partial charge in [-0.25, -0.2) is 8.42 Å². The summed E-state index contributed by atoms with van der Waals surface area (Å²) in [5, 5.41) is 18.9. The van der Waals surface area contributed by atoms with E-state index in [0.29, 0.717) is 68.4 Å². The summed E-state index contributed by atoms with van der Waals surface area (Å²) < 4.78 is 34.9. The fourth-order valence-corrected chi connectivity index (χ4v) is 6.73. The maximum absolute atomic E-state index is 13.8. The Labute approximate surface area is 241 Å². The summed E-state index contributed by atoms with van der Waals surface area (Å²) in [7, 11) is 4.40. The summed E-state index contributed by atoms with van der Waals surface area (Å²) in [6.07, 6.45) is 4.30. The smallest absolute Gasteiger partial charge is 0.207 e. The van der Waals surface area contributed by atoms with Crippen molar-refractivity contribution in [1.29, 1.82) is 0 Å². The number of benzene rings is 2. The van der Waals surface area contributed by atoms with Crippen molar-refractivity contribution >= 4 is 9.84 Å². The van der Waals surface area contributed by atoms with Gasteiger partial charge in [-0.05, 0) is 24.6 Å². The number of quaternary nitrogens is 2. The van der Waals surface area contributed by atoms with Gasteiger partial charge in [0.25, 0.3) is 0 Å². The molecule has 0 spiro atoms. The van der Waals surface area contributed by atoms with Gasteiger partial charge in [0, 0.05) is 22.3 Å². The standard InChI is InChI=1S/C28H44N2O5S.2ClH/c1-6-7-8-9-16-35-25-17-23(21-30(4,5)13-15-32)19-27-28(25)24-11-10-22(18-26(24)36(27,33)34)20-29(2,3)12-14-31;;/h10-11,17-19,31-32H,6-9,12-16,20-21H2,1-5H3;2*1H/q+2;;/p-2. The van der Waals surface area contributed by atoms with Crippen molar-refractivity contribution in [1.82, 2.24) is 0 Å². The molecule has 2 aromatic carbocycles. The molecule has 1 aliphatic heterocycles. The number of rotatable bonds is 14. The topological polar surface area (TPSA) is 83.8 Å². The van der Waals surface area contributed by atoms with Crippen LogP contribution in [0.25, 0.3) is 11.1 Å². The Bertz CT molecular complexity index is 1170. The second kappa shape index (κ2) is 14.3. The lowest BCUT2D eigenvalue weighted by Crippen LogP contribution is -3.00. The minimum Gasteiger partial charge on any atom is -1.00 e. The molecule has 0 amide bonds. The molecule has 0 unspecified atom stereocenters. The van der Waals surface area contributed by atoms with Gasteiger partial charge in [-0.15, -0.1) is 0 Å². The Balaban J connectivity index is 0.00000361. The molecule has 0 saturated heterocycles. The van der Waals surface area contributed by atoms with Crippen LogP contribution in [-0.2, 0) is 22.9 Å². The highest BCUT2D eigenvalue weighted by Gasteiger charge is 2.37. The minimum atomic E-state index is -3.70. The third-order valence-electron chi connectivity index (χ3n) is 6.91. The first-order valence-electron chi connectivity index (χ1n) is 13.0. The van der Waals surface area contributed by atoms with Crippen LogP contribution < -0.4 is 29.6 Å². The molecule has 1 aliphatic rings. The highest BCUT2D eigenvalue weighted by atomic mass is 35.5. The third-order valence-corrected chi connectivity index (χ3v) is 8.73. The van der Waals surface area contributed by atoms with Crippen LogP contribution in [0.4, 0.5) is 0 Å². The maximum atomic E-state index is 13.8. The van der Waals surface area contributed by atoms with Crippen molar-refractivity contribution in [3.63, 3.8) is 0 Å². The minimum absolute atomic E-state index is 0. The molecule has 3 rings (SSSR count). The van der Waals surface area contributed by atoms with Crippen LogP contribution in [0.2, 0.25) is 0 Å². The van der Waals surface area contributed by atoms with Gasteiger partial charge in [-0.1, -0.05) is 38.3 Å². The average molecular weight is 592 g/mol. The van der Waals surface area contributed by atoms with Gasteiger partial charge in [-0.3, -0.25) is 0 Å². The summed E-state index contributed by atoms with van der Waals surface area (Å²) in [6.45, 7) is 5.23. The maximum Gasteiger partial charge on any atom is 0.207 e. The van der Waals surface area contributed by atoms with E-state index in [2.05, 4.69) is 6.92 Å². The summed E-state index contributed by atoms with van der Waals surface area (Å²) in [5.74, 6) is 0.620. The molecule has 7 nitrogen and oxygen atoms in total. The number of ether oxygens (including phenoxy) is 1. The van der Waals surface area contributed by atoms with Gasteiger partial charge in [0.05, 0.1) is 57.8 Å². The highest BCUT2D eigenvalue weighted by molar-refractivity contribution is 7.92. The van der Waals surface area contributed by atoms with Crippen LogP contribution in [-0.4, -0.2) is 88.7 Å². The first kappa shape index (κ1) is 34.6. The Morgan fingerprint density at radius 3 is 1.95 bits per heavy atom. The summed E-state index contributed by atoms with van der Waals surface area (Å²) >= 11 is 0. The monoisotopic (exact) mass is 590 g/mol. The van der Waals surface area contributed by atoms with E-state index in [0.717, 1.165) is 36.8 Å². The van der Waals surface area contributed by atoms with Gasteiger partial charge < -0.3 is 48.7 Å². The number of fused-ring (bicyclic) bond motifs is 3. The molecule has 0 atom stereocenters. The second-order valence-electron chi connectivity index (χ2n) is 11.3. The Morgan fingerprint density at radius 1 is 0.789 bits per heavy atom. The van der Waals surface area contributed by atoms with Crippen molar-refractivity contribution in [3.05, 3.63) is 41.5 Å². The van der Waals surface area contributed by atoms with E-state index in [-0.39, 0.29) is 38.0 Å². The number of hydrogen-bond donors (Lipinski definition) is 2. The molecule has 216 valence electrons. The lowest BCUT2D eigenvalue weighted by Gasteiger charge is -2.29. The average Bonchev–Trinajstić information content (AvgIpc) is 2.99. The van der Waals surface area contributed by atoms with Crippen molar-refractivity contribution < 1.29 is 57.1 Å². The number of hydrogen-bond acceptors (Lipinski definition) is 5. The molecule has 38 heavy (non-hydrogen) atoms. The second-order valence-corrected chi connectivity index (χ2v) is 13.2. The van der Waals surface area contributed by atoms with Crippen LogP contribution in [0.3, 0.4) is 0 Å². The molecule has 0 aliphatic carbocycles. The largest absolute Gasteiger partial charge is 1.00 e. The number of likely N-dealkylation sites (N-methyl/N-ethyl adjacent to an activating group) is 2. The third kappa shape index (κ3) is 8.31. The van der Waals surface area contributed by atoms with E-state index in [4.69, 9.17) is 4.74 Å². The quantitative estimate of drug-likeness (QED) is 0.162. The van der Waals surface area contributed by atoms with Crippen LogP contribution in [0.1, 0.15) is 43.7 Å². The summed E-state index contributed by atoms with van der Waals surface area (Å²) in [5.41, 5.74) is 3.16. The molecule has 2 aromatic rings. The van der Waals surface area contributed by atoms with E-state index >= 15 is 0 Å². The number of aliphatic hydroxyl groups excluding tert-OH is 2. The summed E-state index contributed by atoms with van der Waals surface area (Å²) in [4.78, 5) is 0.639. The first-order chi connectivity index (χ1) is 16.9. The molecule has 0 fully saturated rings. The highest BCUT2D eigenvalue weighted by Crippen LogP contribution is 2.49. The molecule has 10 heteroatoms. The number of aliphatic hydroxyl groups is 2. The number of unbranched alkanes of at least 4 members (excludes halogenated alkanes) is 3. The van der Waals surface area contributed by atoms with E-state index in [1.807, 2.05) is 46.4 Å². The van der Waals surface area contributed by atoms with Gasteiger partial charge in [0.2, 0.25) is 9.84 Å². The molecule has 0 saturated carbocycles. The Hall–Kier alpha value is -1.39. The van der Waals surface area contributed by atoms with E-state index in [1.54, 1.807) is 12.1 Å². The Morgan fingerprint density at radius 2 is 1.37 bits per heavy atom. The normalized spacial score (nSPS) is 13.8. The first-order valence-corrected chi connectivity index (χ1v) is 14.5. The number of halogens is 2. The van der Waals surface area contributed by atoms with Crippen molar-refractivity contribution in [2.45, 2.75) is 55.5 Å². The number of nitrogens with zero attached hydrogens (tertiary/aromatic N) is 2. The molecule has 0 radical (unpaired) electrons. The molecule has 1 heterocycles. The fraction of sp³-hybridized carbons (Fsp3) is 0.571. The molecule has 0 bridgehead atoms. The molecule has 0 aromatic heterocycles. The van der Waals surface area contributed by atoms with Gasteiger partial charge >= 0.3 is 0 Å². The molecular formula is C28H44Cl2N2O5S. The lowest BCUT2D eigenvalue weighted by atomic mass is 10.0. The zero-order valence-electron chi connectivity index (χ0n) is 23.3. The van der Waals surface area contributed by atoms with Crippen LogP contribution in [0.5, 0.6) is 5.75 Å². The zero-order valence-corrected chi connectivity index (χ0v) is 25.7. The molecular weight excluding hydrogens is 547 g/mol. The zero-order chi connectivity index (χ0) is 26.6. The number of sulfone groups is 1. The van der Waals surface area contributed by atoms with Crippen molar-refractivity contribution in [3.8, 4) is 16.9 Å². The van der Waals surface area contributed by atoms with Crippen molar-refractivity contribution in [2.24, 2.45) is 0 Å². The molecule has 2 N–H and O–H groups in total. The SMILES string of the molecule is CCCCCCOc1cc(C[N+](C)(C)CCO)cc2c1-c1ccc(C[N+](C)(C)CCO)cc1S2(=O)=O.[Cl-].[Cl-]. The predicted octanol–water partition coefficient (Wildman–Crippen LogP) is -2.40. The van der Waals surface area contributed by atoms with Crippen LogP contribution in [0, 0.1) is 0 Å². The van der Waals surface area contributed by atoms with Gasteiger partial charge in [-0.2, -0.15) is 0 Å². The van der Waals surface area contributed by atoms with E-state index in [9.17, 15) is 18.6 Å².